The summed E-state index contributed by atoms with van der Waals surface area (Å²) >= 11 is 0. The number of benzene rings is 1. The number of nitrogens with one attached hydrogen (secondary N) is 1. The van der Waals surface area contributed by atoms with Gasteiger partial charge in [-0.1, -0.05) is 19.4 Å². The molecule has 0 radical (unpaired) electrons. The maximum absolute atomic E-state index is 11.0. The van der Waals surface area contributed by atoms with Gasteiger partial charge in [0.2, 0.25) is 0 Å². The number of carboxylic acid groups (broad SMARTS) is 1. The SMILES string of the molecule is CCCC(CNc1cc([N+](=O)[O-])ccc1C)C(=O)O. The zero-order valence-corrected chi connectivity index (χ0v) is 11.0. The summed E-state index contributed by atoms with van der Waals surface area (Å²) in [6.45, 7) is 4.02. The molecule has 0 aliphatic heterocycles. The molecule has 0 bridgehead atoms. The number of aliphatic carboxylic acids is 1. The Balaban J connectivity index is 2.78. The Morgan fingerprint density at radius 2 is 2.21 bits per heavy atom. The molecule has 1 aromatic rings. The first kappa shape index (κ1) is 14.9. The topological polar surface area (TPSA) is 92.5 Å². The van der Waals surface area contributed by atoms with Crippen LogP contribution in [0.4, 0.5) is 11.4 Å². The number of anilines is 1. The number of hydrogen-bond acceptors (Lipinski definition) is 4. The predicted octanol–water partition coefficient (Wildman–Crippen LogP) is 2.82. The van der Waals surface area contributed by atoms with Crippen LogP contribution in [0.1, 0.15) is 25.3 Å². The van der Waals surface area contributed by atoms with Gasteiger partial charge in [-0.05, 0) is 18.9 Å². The number of aryl methyl sites for hydroxylation is 1. The lowest BCUT2D eigenvalue weighted by molar-refractivity contribution is -0.384. The van der Waals surface area contributed by atoms with Crippen molar-refractivity contribution in [1.82, 2.24) is 0 Å². The minimum Gasteiger partial charge on any atom is -0.481 e. The Labute approximate surface area is 111 Å². The van der Waals surface area contributed by atoms with Crippen molar-refractivity contribution in [2.75, 3.05) is 11.9 Å². The second-order valence-electron chi connectivity index (χ2n) is 4.46. The van der Waals surface area contributed by atoms with Crippen LogP contribution in [-0.2, 0) is 4.79 Å². The molecule has 6 heteroatoms. The van der Waals surface area contributed by atoms with Crippen molar-refractivity contribution in [3.8, 4) is 0 Å². The van der Waals surface area contributed by atoms with E-state index in [1.807, 2.05) is 13.8 Å². The van der Waals surface area contributed by atoms with Crippen LogP contribution in [0.5, 0.6) is 0 Å². The lowest BCUT2D eigenvalue weighted by atomic mass is 10.0. The molecule has 0 aromatic heterocycles. The summed E-state index contributed by atoms with van der Waals surface area (Å²) in [7, 11) is 0. The predicted molar refractivity (Wildman–Crippen MR) is 72.4 cm³/mol. The van der Waals surface area contributed by atoms with E-state index in [9.17, 15) is 14.9 Å². The van der Waals surface area contributed by atoms with E-state index < -0.39 is 16.8 Å². The number of rotatable bonds is 7. The summed E-state index contributed by atoms with van der Waals surface area (Å²) < 4.78 is 0. The average Bonchev–Trinajstić information content (AvgIpc) is 2.35. The zero-order valence-electron chi connectivity index (χ0n) is 11.0. The molecule has 0 saturated heterocycles. The molecule has 0 aliphatic carbocycles. The second-order valence-corrected chi connectivity index (χ2v) is 4.46. The van der Waals surface area contributed by atoms with E-state index in [2.05, 4.69) is 5.32 Å². The standard InChI is InChI=1S/C13H18N2O4/c1-3-4-10(13(16)17)8-14-12-7-11(15(18)19)6-5-9(12)2/h5-7,10,14H,3-4,8H2,1-2H3,(H,16,17). The van der Waals surface area contributed by atoms with Crippen molar-refractivity contribution >= 4 is 17.3 Å². The highest BCUT2D eigenvalue weighted by atomic mass is 16.6. The normalized spacial score (nSPS) is 11.9. The number of hydrogen-bond donors (Lipinski definition) is 2. The van der Waals surface area contributed by atoms with Crippen LogP contribution >= 0.6 is 0 Å². The number of nitro benzene ring substituents is 1. The summed E-state index contributed by atoms with van der Waals surface area (Å²) in [6, 6.07) is 4.51. The number of non-ortho nitro benzene ring substituents is 1. The Hall–Kier alpha value is -2.11. The van der Waals surface area contributed by atoms with Gasteiger partial charge < -0.3 is 10.4 Å². The van der Waals surface area contributed by atoms with Gasteiger partial charge in [0.15, 0.2) is 0 Å². The fourth-order valence-electron chi connectivity index (χ4n) is 1.81. The molecule has 0 saturated carbocycles. The molecule has 2 N–H and O–H groups in total. The van der Waals surface area contributed by atoms with Gasteiger partial charge >= 0.3 is 5.97 Å². The molecule has 0 fully saturated rings. The van der Waals surface area contributed by atoms with Crippen molar-refractivity contribution in [3.05, 3.63) is 33.9 Å². The Morgan fingerprint density at radius 3 is 2.74 bits per heavy atom. The molecule has 1 rings (SSSR count). The third kappa shape index (κ3) is 4.24. The van der Waals surface area contributed by atoms with Crippen LogP contribution in [0.15, 0.2) is 18.2 Å². The van der Waals surface area contributed by atoms with E-state index in [0.717, 1.165) is 12.0 Å². The molecule has 0 amide bonds. The highest BCUT2D eigenvalue weighted by Gasteiger charge is 2.17. The Morgan fingerprint density at radius 1 is 1.53 bits per heavy atom. The number of nitro groups is 1. The number of carboxylic acids is 1. The quantitative estimate of drug-likeness (QED) is 0.584. The minimum absolute atomic E-state index is 0.00420. The molecule has 104 valence electrons. The molecular weight excluding hydrogens is 248 g/mol. The molecule has 0 heterocycles. The first-order valence-corrected chi connectivity index (χ1v) is 6.17. The van der Waals surface area contributed by atoms with Crippen LogP contribution in [-0.4, -0.2) is 22.5 Å². The van der Waals surface area contributed by atoms with Crippen molar-refractivity contribution in [1.29, 1.82) is 0 Å². The maximum atomic E-state index is 11.0. The van der Waals surface area contributed by atoms with E-state index in [1.165, 1.54) is 12.1 Å². The van der Waals surface area contributed by atoms with Crippen molar-refractivity contribution in [3.63, 3.8) is 0 Å². The first-order valence-electron chi connectivity index (χ1n) is 6.17. The Bertz CT molecular complexity index is 474. The van der Waals surface area contributed by atoms with E-state index >= 15 is 0 Å². The minimum atomic E-state index is -0.850. The van der Waals surface area contributed by atoms with Crippen molar-refractivity contribution < 1.29 is 14.8 Å². The van der Waals surface area contributed by atoms with Gasteiger partial charge in [0.1, 0.15) is 0 Å². The third-order valence-corrected chi connectivity index (χ3v) is 2.96. The summed E-state index contributed by atoms with van der Waals surface area (Å²) in [6.07, 6.45) is 1.36. The average molecular weight is 266 g/mol. The van der Waals surface area contributed by atoms with Gasteiger partial charge in [0, 0.05) is 24.4 Å². The van der Waals surface area contributed by atoms with Gasteiger partial charge in [0.05, 0.1) is 10.8 Å². The van der Waals surface area contributed by atoms with Gasteiger partial charge in [-0.25, -0.2) is 0 Å². The number of nitrogens with zero attached hydrogens (tertiary/aromatic N) is 1. The van der Waals surface area contributed by atoms with Gasteiger partial charge in [-0.3, -0.25) is 14.9 Å². The molecule has 0 spiro atoms. The van der Waals surface area contributed by atoms with Crippen LogP contribution < -0.4 is 5.32 Å². The van der Waals surface area contributed by atoms with E-state index in [1.54, 1.807) is 6.07 Å². The van der Waals surface area contributed by atoms with Crippen LogP contribution in [0.25, 0.3) is 0 Å². The fourth-order valence-corrected chi connectivity index (χ4v) is 1.81. The lowest BCUT2D eigenvalue weighted by Crippen LogP contribution is -2.23. The summed E-state index contributed by atoms with van der Waals surface area (Å²) in [5.41, 5.74) is 1.46. The van der Waals surface area contributed by atoms with Crippen LogP contribution in [0, 0.1) is 23.0 Å². The van der Waals surface area contributed by atoms with Gasteiger partial charge in [-0.15, -0.1) is 0 Å². The summed E-state index contributed by atoms with van der Waals surface area (Å²) in [5.74, 6) is -1.33. The largest absolute Gasteiger partial charge is 0.481 e. The molecule has 1 atom stereocenters. The smallest absolute Gasteiger partial charge is 0.308 e. The maximum Gasteiger partial charge on any atom is 0.308 e. The molecule has 19 heavy (non-hydrogen) atoms. The highest BCUT2D eigenvalue weighted by molar-refractivity contribution is 5.71. The Kier molecular flexibility index (Phi) is 5.29. The molecular formula is C13H18N2O4. The number of carbonyl (C=O) groups is 1. The fraction of sp³-hybridized carbons (Fsp3) is 0.462. The van der Waals surface area contributed by atoms with Crippen LogP contribution in [0.2, 0.25) is 0 Å². The van der Waals surface area contributed by atoms with Crippen LogP contribution in [0.3, 0.4) is 0 Å². The van der Waals surface area contributed by atoms with E-state index in [4.69, 9.17) is 5.11 Å². The summed E-state index contributed by atoms with van der Waals surface area (Å²) in [5, 5.41) is 22.7. The highest BCUT2D eigenvalue weighted by Crippen LogP contribution is 2.22. The van der Waals surface area contributed by atoms with Crippen molar-refractivity contribution in [2.24, 2.45) is 5.92 Å². The van der Waals surface area contributed by atoms with Crippen molar-refractivity contribution in [2.45, 2.75) is 26.7 Å². The molecule has 6 nitrogen and oxygen atoms in total. The van der Waals surface area contributed by atoms with Gasteiger partial charge in [-0.2, -0.15) is 0 Å². The monoisotopic (exact) mass is 266 g/mol. The van der Waals surface area contributed by atoms with Gasteiger partial charge in [0.25, 0.3) is 5.69 Å². The first-order chi connectivity index (χ1) is 8.95. The third-order valence-electron chi connectivity index (χ3n) is 2.96. The molecule has 0 aliphatic rings. The van der Waals surface area contributed by atoms with E-state index in [0.29, 0.717) is 12.1 Å². The molecule has 1 aromatic carbocycles. The second kappa shape index (κ2) is 6.72. The molecule has 1 unspecified atom stereocenters. The lowest BCUT2D eigenvalue weighted by Gasteiger charge is -2.14. The van der Waals surface area contributed by atoms with E-state index in [-0.39, 0.29) is 12.2 Å². The zero-order chi connectivity index (χ0) is 14.4. The summed E-state index contributed by atoms with van der Waals surface area (Å²) in [4.78, 5) is 21.3.